The molecule has 0 aliphatic carbocycles. The Hall–Kier alpha value is -1.57. The lowest BCUT2D eigenvalue weighted by atomic mass is 10.1. The fraction of sp³-hybridized carbons (Fsp3) is 0.182. The van der Waals surface area contributed by atoms with Crippen LogP contribution in [0.3, 0.4) is 0 Å². The average molecular weight is 173 g/mol. The van der Waals surface area contributed by atoms with E-state index in [2.05, 4.69) is 0 Å². The van der Waals surface area contributed by atoms with Crippen molar-refractivity contribution in [2.45, 2.75) is 13.8 Å². The molecule has 0 aliphatic rings. The number of hydrogen-bond acceptors (Lipinski definition) is 1. The second-order valence-electron chi connectivity index (χ2n) is 3.28. The highest BCUT2D eigenvalue weighted by Crippen LogP contribution is 2.14. The van der Waals surface area contributed by atoms with E-state index in [0.29, 0.717) is 0 Å². The number of rotatable bonds is 0. The first-order valence-corrected chi connectivity index (χ1v) is 4.28. The van der Waals surface area contributed by atoms with Crippen molar-refractivity contribution in [3.63, 3.8) is 0 Å². The maximum Gasteiger partial charge on any atom is 0.224 e. The van der Waals surface area contributed by atoms with Crippen LogP contribution in [0.1, 0.15) is 11.3 Å². The van der Waals surface area contributed by atoms with E-state index in [-0.39, 0.29) is 0 Å². The molecule has 0 fully saturated rings. The van der Waals surface area contributed by atoms with Crippen molar-refractivity contribution in [3.8, 4) is 0 Å². The summed E-state index contributed by atoms with van der Waals surface area (Å²) in [5.41, 5.74) is 2.65. The van der Waals surface area contributed by atoms with Gasteiger partial charge in [-0.1, -0.05) is 12.1 Å². The van der Waals surface area contributed by atoms with Gasteiger partial charge in [-0.2, -0.15) is 4.73 Å². The Bertz CT molecular complexity index is 463. The van der Waals surface area contributed by atoms with Crippen LogP contribution in [0.15, 0.2) is 30.3 Å². The van der Waals surface area contributed by atoms with Crippen molar-refractivity contribution in [2.24, 2.45) is 0 Å². The molecule has 0 spiro atoms. The summed E-state index contributed by atoms with van der Waals surface area (Å²) < 4.78 is 0.975. The standard InChI is InChI=1S/C11H11NO/c1-8-7-9(2)12(13)11-6-4-3-5-10(8)11/h3-7H,1-2H3. The molecule has 0 aliphatic heterocycles. The molecular formula is C11H11NO. The number of fused-ring (bicyclic) bond motifs is 1. The molecular weight excluding hydrogens is 162 g/mol. The van der Waals surface area contributed by atoms with Gasteiger partial charge in [-0.15, -0.1) is 0 Å². The second kappa shape index (κ2) is 2.73. The maximum absolute atomic E-state index is 11.6. The summed E-state index contributed by atoms with van der Waals surface area (Å²) in [5.74, 6) is 0. The van der Waals surface area contributed by atoms with Gasteiger partial charge in [0.2, 0.25) is 5.52 Å². The van der Waals surface area contributed by atoms with Crippen molar-refractivity contribution in [3.05, 3.63) is 46.8 Å². The van der Waals surface area contributed by atoms with Crippen molar-refractivity contribution in [1.82, 2.24) is 0 Å². The number of aryl methyl sites for hydroxylation is 2. The molecule has 2 rings (SSSR count). The minimum atomic E-state index is 0.746. The van der Waals surface area contributed by atoms with E-state index in [1.807, 2.05) is 44.2 Å². The minimum Gasteiger partial charge on any atom is -0.618 e. The van der Waals surface area contributed by atoms with Gasteiger partial charge in [-0.25, -0.2) is 0 Å². The zero-order chi connectivity index (χ0) is 9.42. The summed E-state index contributed by atoms with van der Waals surface area (Å²) in [6.07, 6.45) is 0. The molecule has 66 valence electrons. The Balaban J connectivity index is 2.97. The van der Waals surface area contributed by atoms with Gasteiger partial charge in [0.1, 0.15) is 0 Å². The highest BCUT2D eigenvalue weighted by Gasteiger charge is 2.08. The Kier molecular flexibility index (Phi) is 1.69. The number of pyridine rings is 1. The fourth-order valence-electron chi connectivity index (χ4n) is 1.62. The third kappa shape index (κ3) is 1.15. The van der Waals surface area contributed by atoms with E-state index in [4.69, 9.17) is 0 Å². The molecule has 1 aromatic carbocycles. The molecule has 0 amide bonds. The van der Waals surface area contributed by atoms with E-state index in [1.54, 1.807) is 0 Å². The lowest BCUT2D eigenvalue weighted by Crippen LogP contribution is -2.30. The molecule has 0 unspecified atom stereocenters. The molecule has 0 saturated heterocycles. The maximum atomic E-state index is 11.6. The van der Waals surface area contributed by atoms with Crippen LogP contribution >= 0.6 is 0 Å². The molecule has 2 aromatic rings. The topological polar surface area (TPSA) is 26.9 Å². The monoisotopic (exact) mass is 173 g/mol. The summed E-state index contributed by atoms with van der Waals surface area (Å²) in [6, 6.07) is 9.57. The molecule has 0 N–H and O–H groups in total. The SMILES string of the molecule is Cc1cc(C)[n+]([O-])c2ccccc12. The van der Waals surface area contributed by atoms with E-state index < -0.39 is 0 Å². The Morgan fingerprint density at radius 2 is 1.85 bits per heavy atom. The Morgan fingerprint density at radius 3 is 2.62 bits per heavy atom. The van der Waals surface area contributed by atoms with E-state index in [9.17, 15) is 5.21 Å². The van der Waals surface area contributed by atoms with E-state index in [0.717, 1.165) is 26.9 Å². The van der Waals surface area contributed by atoms with Gasteiger partial charge in [-0.05, 0) is 18.6 Å². The number of aromatic nitrogens is 1. The highest BCUT2D eigenvalue weighted by molar-refractivity contribution is 5.79. The first-order chi connectivity index (χ1) is 6.20. The van der Waals surface area contributed by atoms with Gasteiger partial charge >= 0.3 is 0 Å². The minimum absolute atomic E-state index is 0.746. The predicted octanol–water partition coefficient (Wildman–Crippen LogP) is 2.09. The quantitative estimate of drug-likeness (QED) is 0.442. The van der Waals surface area contributed by atoms with Crippen molar-refractivity contribution in [2.75, 3.05) is 0 Å². The summed E-state index contributed by atoms with van der Waals surface area (Å²) in [5, 5.41) is 12.6. The van der Waals surface area contributed by atoms with Crippen molar-refractivity contribution >= 4 is 10.9 Å². The molecule has 1 heterocycles. The summed E-state index contributed by atoms with van der Waals surface area (Å²) in [6.45, 7) is 3.85. The van der Waals surface area contributed by atoms with Crippen LogP contribution in [0.25, 0.3) is 10.9 Å². The smallest absolute Gasteiger partial charge is 0.224 e. The number of hydrogen-bond donors (Lipinski definition) is 0. The summed E-state index contributed by atoms with van der Waals surface area (Å²) in [7, 11) is 0. The van der Waals surface area contributed by atoms with Gasteiger partial charge in [0.05, 0.1) is 5.39 Å². The van der Waals surface area contributed by atoms with Gasteiger partial charge in [0.15, 0.2) is 5.69 Å². The lowest BCUT2D eigenvalue weighted by Gasteiger charge is -2.06. The predicted molar refractivity (Wildman–Crippen MR) is 52.4 cm³/mol. The summed E-state index contributed by atoms with van der Waals surface area (Å²) >= 11 is 0. The number of para-hydroxylation sites is 1. The average Bonchev–Trinajstić information content (AvgIpc) is 2.15. The van der Waals surface area contributed by atoms with Crippen LogP contribution in [0.5, 0.6) is 0 Å². The second-order valence-corrected chi connectivity index (χ2v) is 3.28. The normalized spacial score (nSPS) is 10.6. The first-order valence-electron chi connectivity index (χ1n) is 4.28. The molecule has 0 atom stereocenters. The summed E-state index contributed by atoms with van der Waals surface area (Å²) in [4.78, 5) is 0. The van der Waals surface area contributed by atoms with Crippen LogP contribution in [0, 0.1) is 19.1 Å². The molecule has 13 heavy (non-hydrogen) atoms. The zero-order valence-corrected chi connectivity index (χ0v) is 7.74. The van der Waals surface area contributed by atoms with Crippen LogP contribution < -0.4 is 4.73 Å². The molecule has 2 heteroatoms. The van der Waals surface area contributed by atoms with Crippen LogP contribution in [0.4, 0.5) is 0 Å². The first kappa shape index (κ1) is 8.05. The molecule has 0 saturated carbocycles. The van der Waals surface area contributed by atoms with Gasteiger partial charge in [0.25, 0.3) is 0 Å². The highest BCUT2D eigenvalue weighted by atomic mass is 16.5. The van der Waals surface area contributed by atoms with Crippen LogP contribution in [-0.2, 0) is 0 Å². The van der Waals surface area contributed by atoms with Crippen LogP contribution in [-0.4, -0.2) is 0 Å². The lowest BCUT2D eigenvalue weighted by molar-refractivity contribution is -0.584. The van der Waals surface area contributed by atoms with Crippen molar-refractivity contribution in [1.29, 1.82) is 0 Å². The van der Waals surface area contributed by atoms with Gasteiger partial charge in [-0.3, -0.25) is 0 Å². The van der Waals surface area contributed by atoms with Crippen molar-refractivity contribution < 1.29 is 4.73 Å². The van der Waals surface area contributed by atoms with Gasteiger partial charge in [0, 0.05) is 19.1 Å². The molecule has 0 bridgehead atoms. The number of benzene rings is 1. The third-order valence-corrected chi connectivity index (χ3v) is 2.29. The number of nitrogens with zero attached hydrogens (tertiary/aromatic N) is 1. The van der Waals surface area contributed by atoms with E-state index >= 15 is 0 Å². The Morgan fingerprint density at radius 1 is 1.15 bits per heavy atom. The third-order valence-electron chi connectivity index (χ3n) is 2.29. The van der Waals surface area contributed by atoms with E-state index in [1.165, 1.54) is 0 Å². The van der Waals surface area contributed by atoms with Crippen LogP contribution in [0.2, 0.25) is 0 Å². The zero-order valence-electron chi connectivity index (χ0n) is 7.74. The molecule has 0 radical (unpaired) electrons. The largest absolute Gasteiger partial charge is 0.618 e. The molecule has 2 nitrogen and oxygen atoms in total. The Labute approximate surface area is 77.0 Å². The van der Waals surface area contributed by atoms with Gasteiger partial charge < -0.3 is 5.21 Å². The fourth-order valence-corrected chi connectivity index (χ4v) is 1.62. The molecule has 1 aromatic heterocycles.